The Morgan fingerprint density at radius 2 is 2.35 bits per heavy atom. The summed E-state index contributed by atoms with van der Waals surface area (Å²) < 4.78 is 11.1. The predicted molar refractivity (Wildman–Crippen MR) is 76.8 cm³/mol. The standard InChI is InChI=1S/C16H23NO3/c1-19-14-5-2-4-13(10-14)11-17-8-7-16(15(18)12-17)6-3-9-20-16/h2,4-5,10,15,18H,3,6-9,11-12H2,1H3/t15-,16-/m0/s1. The Labute approximate surface area is 120 Å². The van der Waals surface area contributed by atoms with Gasteiger partial charge in [-0.05, 0) is 37.0 Å². The lowest BCUT2D eigenvalue weighted by molar-refractivity contribution is -0.130. The highest BCUT2D eigenvalue weighted by atomic mass is 16.5. The highest BCUT2D eigenvalue weighted by molar-refractivity contribution is 5.28. The molecule has 1 aromatic rings. The summed E-state index contributed by atoms with van der Waals surface area (Å²) in [4.78, 5) is 2.30. The molecule has 0 saturated carbocycles. The second-order valence-corrected chi connectivity index (χ2v) is 5.87. The number of aliphatic hydroxyl groups excluding tert-OH is 1. The van der Waals surface area contributed by atoms with Gasteiger partial charge in [0.15, 0.2) is 0 Å². The van der Waals surface area contributed by atoms with Crippen LogP contribution in [0, 0.1) is 0 Å². The van der Waals surface area contributed by atoms with Crippen LogP contribution < -0.4 is 4.74 Å². The Balaban J connectivity index is 1.62. The van der Waals surface area contributed by atoms with E-state index in [1.54, 1.807) is 7.11 Å². The van der Waals surface area contributed by atoms with Gasteiger partial charge in [-0.3, -0.25) is 4.90 Å². The zero-order chi connectivity index (χ0) is 14.0. The minimum absolute atomic E-state index is 0.259. The number of β-amino-alcohol motifs (C(OH)–C–C–N with tert-alkyl or cyclic N) is 1. The van der Waals surface area contributed by atoms with E-state index in [9.17, 15) is 5.11 Å². The molecule has 2 saturated heterocycles. The van der Waals surface area contributed by atoms with Crippen LogP contribution in [-0.2, 0) is 11.3 Å². The lowest BCUT2D eigenvalue weighted by atomic mass is 9.86. The number of ether oxygens (including phenoxy) is 2. The first kappa shape index (κ1) is 13.9. The van der Waals surface area contributed by atoms with E-state index in [1.807, 2.05) is 12.1 Å². The number of nitrogens with zero attached hydrogens (tertiary/aromatic N) is 1. The highest BCUT2D eigenvalue weighted by Crippen LogP contribution is 2.36. The third-order valence-corrected chi connectivity index (χ3v) is 4.56. The second-order valence-electron chi connectivity index (χ2n) is 5.87. The van der Waals surface area contributed by atoms with Gasteiger partial charge in [0.25, 0.3) is 0 Å². The quantitative estimate of drug-likeness (QED) is 0.915. The first-order valence-corrected chi connectivity index (χ1v) is 7.39. The van der Waals surface area contributed by atoms with Gasteiger partial charge in [0, 0.05) is 26.2 Å². The Hall–Kier alpha value is -1.10. The molecular weight excluding hydrogens is 254 g/mol. The van der Waals surface area contributed by atoms with Gasteiger partial charge in [-0.2, -0.15) is 0 Å². The van der Waals surface area contributed by atoms with Crippen molar-refractivity contribution in [2.24, 2.45) is 0 Å². The lowest BCUT2D eigenvalue weighted by Crippen LogP contribution is -2.54. The number of methoxy groups -OCH3 is 1. The summed E-state index contributed by atoms with van der Waals surface area (Å²) in [5.74, 6) is 0.885. The van der Waals surface area contributed by atoms with Gasteiger partial charge in [-0.25, -0.2) is 0 Å². The topological polar surface area (TPSA) is 41.9 Å². The Morgan fingerprint density at radius 3 is 3.05 bits per heavy atom. The molecule has 0 unspecified atom stereocenters. The van der Waals surface area contributed by atoms with E-state index in [0.717, 1.165) is 44.7 Å². The van der Waals surface area contributed by atoms with Crippen LogP contribution in [0.2, 0.25) is 0 Å². The minimum Gasteiger partial charge on any atom is -0.497 e. The SMILES string of the molecule is COc1cccc(CN2CC[C@@]3(CCCO3)[C@@H](O)C2)c1. The first-order chi connectivity index (χ1) is 9.72. The fraction of sp³-hybridized carbons (Fsp3) is 0.625. The number of hydrogen-bond acceptors (Lipinski definition) is 4. The summed E-state index contributed by atoms with van der Waals surface area (Å²) in [6.45, 7) is 3.32. The number of piperidine rings is 1. The maximum Gasteiger partial charge on any atom is 0.119 e. The average Bonchev–Trinajstić information content (AvgIpc) is 2.93. The molecule has 2 fully saturated rings. The molecule has 110 valence electrons. The highest BCUT2D eigenvalue weighted by Gasteiger charge is 2.45. The number of hydrogen-bond donors (Lipinski definition) is 1. The van der Waals surface area contributed by atoms with E-state index in [1.165, 1.54) is 5.56 Å². The summed E-state index contributed by atoms with van der Waals surface area (Å²) in [5, 5.41) is 10.4. The van der Waals surface area contributed by atoms with Crippen LogP contribution in [0.4, 0.5) is 0 Å². The van der Waals surface area contributed by atoms with Gasteiger partial charge in [0.05, 0.1) is 18.8 Å². The van der Waals surface area contributed by atoms with Crippen LogP contribution in [-0.4, -0.2) is 48.5 Å². The minimum atomic E-state index is -0.371. The molecule has 4 nitrogen and oxygen atoms in total. The van der Waals surface area contributed by atoms with Gasteiger partial charge in [-0.1, -0.05) is 12.1 Å². The molecule has 2 heterocycles. The maximum absolute atomic E-state index is 10.4. The molecular formula is C16H23NO3. The van der Waals surface area contributed by atoms with Crippen molar-refractivity contribution in [3.8, 4) is 5.75 Å². The summed E-state index contributed by atoms with van der Waals surface area (Å²) in [5.41, 5.74) is 0.963. The molecule has 0 aliphatic carbocycles. The molecule has 1 aromatic carbocycles. The summed E-state index contributed by atoms with van der Waals surface area (Å²) in [6.07, 6.45) is 2.64. The number of rotatable bonds is 3. The van der Waals surface area contributed by atoms with E-state index >= 15 is 0 Å². The summed E-state index contributed by atoms with van der Waals surface area (Å²) in [7, 11) is 1.69. The molecule has 2 atom stereocenters. The molecule has 0 bridgehead atoms. The van der Waals surface area contributed by atoms with Crippen molar-refractivity contribution < 1.29 is 14.6 Å². The van der Waals surface area contributed by atoms with E-state index in [2.05, 4.69) is 17.0 Å². The van der Waals surface area contributed by atoms with Crippen molar-refractivity contribution in [1.82, 2.24) is 4.90 Å². The van der Waals surface area contributed by atoms with Crippen LogP contribution in [0.1, 0.15) is 24.8 Å². The summed E-state index contributed by atoms with van der Waals surface area (Å²) >= 11 is 0. The predicted octanol–water partition coefficient (Wildman–Crippen LogP) is 1.81. The molecule has 1 N–H and O–H groups in total. The van der Waals surface area contributed by atoms with Crippen molar-refractivity contribution in [1.29, 1.82) is 0 Å². The zero-order valence-corrected chi connectivity index (χ0v) is 12.0. The maximum atomic E-state index is 10.4. The number of aliphatic hydroxyl groups is 1. The summed E-state index contributed by atoms with van der Waals surface area (Å²) in [6, 6.07) is 8.13. The molecule has 0 aromatic heterocycles. The van der Waals surface area contributed by atoms with Gasteiger partial charge in [0.1, 0.15) is 5.75 Å². The molecule has 20 heavy (non-hydrogen) atoms. The van der Waals surface area contributed by atoms with Crippen molar-refractivity contribution >= 4 is 0 Å². The third kappa shape index (κ3) is 2.68. The molecule has 2 aliphatic heterocycles. The molecule has 2 aliphatic rings. The molecule has 0 amide bonds. The monoisotopic (exact) mass is 277 g/mol. The molecule has 0 radical (unpaired) electrons. The van der Waals surface area contributed by atoms with E-state index in [0.29, 0.717) is 6.54 Å². The fourth-order valence-corrected chi connectivity index (χ4v) is 3.37. The van der Waals surface area contributed by atoms with Crippen molar-refractivity contribution in [2.45, 2.75) is 37.5 Å². The van der Waals surface area contributed by atoms with Crippen LogP contribution in [0.3, 0.4) is 0 Å². The Bertz CT molecular complexity index is 457. The van der Waals surface area contributed by atoms with Crippen LogP contribution in [0.5, 0.6) is 5.75 Å². The van der Waals surface area contributed by atoms with Crippen molar-refractivity contribution in [2.75, 3.05) is 26.8 Å². The van der Waals surface area contributed by atoms with E-state index < -0.39 is 0 Å². The van der Waals surface area contributed by atoms with E-state index in [4.69, 9.17) is 9.47 Å². The largest absolute Gasteiger partial charge is 0.497 e. The van der Waals surface area contributed by atoms with Crippen LogP contribution >= 0.6 is 0 Å². The Morgan fingerprint density at radius 1 is 1.45 bits per heavy atom. The van der Waals surface area contributed by atoms with Gasteiger partial charge < -0.3 is 14.6 Å². The van der Waals surface area contributed by atoms with Crippen molar-refractivity contribution in [3.63, 3.8) is 0 Å². The van der Waals surface area contributed by atoms with E-state index in [-0.39, 0.29) is 11.7 Å². The number of likely N-dealkylation sites (tertiary alicyclic amines) is 1. The van der Waals surface area contributed by atoms with Crippen LogP contribution in [0.25, 0.3) is 0 Å². The molecule has 3 rings (SSSR count). The third-order valence-electron chi connectivity index (χ3n) is 4.56. The van der Waals surface area contributed by atoms with Gasteiger partial charge >= 0.3 is 0 Å². The normalized spacial score (nSPS) is 30.8. The fourth-order valence-electron chi connectivity index (χ4n) is 3.37. The molecule has 4 heteroatoms. The van der Waals surface area contributed by atoms with Gasteiger partial charge in [0.2, 0.25) is 0 Å². The smallest absolute Gasteiger partial charge is 0.119 e. The zero-order valence-electron chi connectivity index (χ0n) is 12.0. The molecule has 1 spiro atoms. The lowest BCUT2D eigenvalue weighted by Gasteiger charge is -2.42. The second kappa shape index (κ2) is 5.72. The average molecular weight is 277 g/mol. The van der Waals surface area contributed by atoms with Crippen molar-refractivity contribution in [3.05, 3.63) is 29.8 Å². The van der Waals surface area contributed by atoms with Gasteiger partial charge in [-0.15, -0.1) is 0 Å². The number of benzene rings is 1. The first-order valence-electron chi connectivity index (χ1n) is 7.39. The Kier molecular flexibility index (Phi) is 3.96. The van der Waals surface area contributed by atoms with Crippen LogP contribution in [0.15, 0.2) is 24.3 Å².